The highest BCUT2D eigenvalue weighted by molar-refractivity contribution is 9.10. The molecule has 2 rings (SSSR count). The van der Waals surface area contributed by atoms with Gasteiger partial charge in [0.05, 0.1) is 4.47 Å². The molecular weight excluding hydrogens is 333 g/mol. The third kappa shape index (κ3) is 3.70. The lowest BCUT2D eigenvalue weighted by molar-refractivity contribution is 0.0752. The van der Waals surface area contributed by atoms with E-state index in [4.69, 9.17) is 0 Å². The van der Waals surface area contributed by atoms with Crippen LogP contribution in [0.2, 0.25) is 0 Å². The van der Waals surface area contributed by atoms with Crippen molar-refractivity contribution in [2.45, 2.75) is 20.4 Å². The Balaban J connectivity index is 2.22. The number of amides is 1. The number of rotatable bonds is 4. The minimum Gasteiger partial charge on any atom is -0.335 e. The molecule has 0 aliphatic heterocycles. The maximum absolute atomic E-state index is 13.6. The van der Waals surface area contributed by atoms with E-state index in [1.807, 2.05) is 38.1 Å². The van der Waals surface area contributed by atoms with Crippen molar-refractivity contribution in [2.24, 2.45) is 0 Å². The van der Waals surface area contributed by atoms with Gasteiger partial charge in [0.1, 0.15) is 5.82 Å². The van der Waals surface area contributed by atoms with E-state index >= 15 is 0 Å². The van der Waals surface area contributed by atoms with Gasteiger partial charge < -0.3 is 4.90 Å². The predicted molar refractivity (Wildman–Crippen MR) is 85.7 cm³/mol. The van der Waals surface area contributed by atoms with Gasteiger partial charge in [0, 0.05) is 18.7 Å². The molecule has 0 N–H and O–H groups in total. The summed E-state index contributed by atoms with van der Waals surface area (Å²) in [7, 11) is 0. The summed E-state index contributed by atoms with van der Waals surface area (Å²) in [6.45, 7) is 5.04. The molecule has 2 aromatic rings. The van der Waals surface area contributed by atoms with Crippen LogP contribution in [-0.4, -0.2) is 17.4 Å². The van der Waals surface area contributed by atoms with Crippen molar-refractivity contribution in [3.05, 3.63) is 69.4 Å². The quantitative estimate of drug-likeness (QED) is 0.792. The van der Waals surface area contributed by atoms with Gasteiger partial charge >= 0.3 is 0 Å². The van der Waals surface area contributed by atoms with Crippen LogP contribution in [0.5, 0.6) is 0 Å². The zero-order valence-corrected chi connectivity index (χ0v) is 13.7. The fraction of sp³-hybridized carbons (Fsp3) is 0.235. The molecule has 0 aliphatic carbocycles. The molecule has 0 spiro atoms. The Hall–Kier alpha value is -1.68. The summed E-state index contributed by atoms with van der Waals surface area (Å²) in [5.74, 6) is -0.583. The van der Waals surface area contributed by atoms with E-state index in [1.165, 1.54) is 6.07 Å². The molecule has 0 saturated carbocycles. The van der Waals surface area contributed by atoms with Crippen LogP contribution < -0.4 is 0 Å². The SMILES string of the molecule is CCN(Cc1ccccc1C)C(=O)c1ccc(Br)c(F)c1. The van der Waals surface area contributed by atoms with Gasteiger partial charge in [0.25, 0.3) is 5.91 Å². The minimum atomic E-state index is -0.423. The molecule has 0 aliphatic rings. The fourth-order valence-electron chi connectivity index (χ4n) is 2.13. The first-order chi connectivity index (χ1) is 10.0. The van der Waals surface area contributed by atoms with E-state index in [-0.39, 0.29) is 5.91 Å². The highest BCUT2D eigenvalue weighted by atomic mass is 79.9. The molecule has 4 heteroatoms. The third-order valence-corrected chi connectivity index (χ3v) is 4.10. The lowest BCUT2D eigenvalue weighted by atomic mass is 10.1. The van der Waals surface area contributed by atoms with Crippen molar-refractivity contribution < 1.29 is 9.18 Å². The lowest BCUT2D eigenvalue weighted by Crippen LogP contribution is -2.30. The molecule has 0 unspecified atom stereocenters. The first-order valence-electron chi connectivity index (χ1n) is 6.81. The van der Waals surface area contributed by atoms with Crippen molar-refractivity contribution in [1.29, 1.82) is 0 Å². The van der Waals surface area contributed by atoms with E-state index in [9.17, 15) is 9.18 Å². The summed E-state index contributed by atoms with van der Waals surface area (Å²) in [5, 5.41) is 0. The number of carbonyl (C=O) groups is 1. The van der Waals surface area contributed by atoms with Gasteiger partial charge in [0.15, 0.2) is 0 Å². The number of benzene rings is 2. The van der Waals surface area contributed by atoms with Gasteiger partial charge in [-0.05, 0) is 59.1 Å². The standard InChI is InChI=1S/C17H17BrFNO/c1-3-20(11-14-7-5-4-6-12(14)2)17(21)13-8-9-15(18)16(19)10-13/h4-10H,3,11H2,1-2H3. The van der Waals surface area contributed by atoms with E-state index in [2.05, 4.69) is 15.9 Å². The number of carbonyl (C=O) groups excluding carboxylic acids is 1. The average molecular weight is 350 g/mol. The Morgan fingerprint density at radius 2 is 1.95 bits per heavy atom. The summed E-state index contributed by atoms with van der Waals surface area (Å²) in [6, 6.07) is 12.4. The lowest BCUT2D eigenvalue weighted by Gasteiger charge is -2.22. The van der Waals surface area contributed by atoms with E-state index in [1.54, 1.807) is 17.0 Å². The second-order valence-corrected chi connectivity index (χ2v) is 5.73. The van der Waals surface area contributed by atoms with Crippen molar-refractivity contribution in [3.8, 4) is 0 Å². The van der Waals surface area contributed by atoms with Crippen LogP contribution in [0.4, 0.5) is 4.39 Å². The van der Waals surface area contributed by atoms with E-state index < -0.39 is 5.82 Å². The summed E-state index contributed by atoms with van der Waals surface area (Å²) in [4.78, 5) is 14.2. The molecule has 0 atom stereocenters. The van der Waals surface area contributed by atoms with Crippen molar-refractivity contribution >= 4 is 21.8 Å². The van der Waals surface area contributed by atoms with Crippen LogP contribution in [0.1, 0.15) is 28.4 Å². The van der Waals surface area contributed by atoms with E-state index in [0.717, 1.165) is 11.1 Å². The van der Waals surface area contributed by atoms with Crippen LogP contribution in [0.15, 0.2) is 46.9 Å². The molecule has 0 bridgehead atoms. The van der Waals surface area contributed by atoms with Gasteiger partial charge in [0.2, 0.25) is 0 Å². The first-order valence-corrected chi connectivity index (χ1v) is 7.61. The fourth-order valence-corrected chi connectivity index (χ4v) is 2.38. The Morgan fingerprint density at radius 1 is 1.24 bits per heavy atom. The van der Waals surface area contributed by atoms with Crippen molar-refractivity contribution in [1.82, 2.24) is 4.90 Å². The Kier molecular flexibility index (Phi) is 5.12. The Labute approximate surface area is 132 Å². The average Bonchev–Trinajstić information content (AvgIpc) is 2.48. The maximum atomic E-state index is 13.6. The minimum absolute atomic E-state index is 0.160. The van der Waals surface area contributed by atoms with Gasteiger partial charge in [-0.3, -0.25) is 4.79 Å². The molecule has 2 nitrogen and oxygen atoms in total. The second-order valence-electron chi connectivity index (χ2n) is 4.87. The van der Waals surface area contributed by atoms with Crippen LogP contribution in [-0.2, 0) is 6.54 Å². The summed E-state index contributed by atoms with van der Waals surface area (Å²) >= 11 is 3.10. The maximum Gasteiger partial charge on any atom is 0.254 e. The monoisotopic (exact) mass is 349 g/mol. The molecule has 21 heavy (non-hydrogen) atoms. The highest BCUT2D eigenvalue weighted by Gasteiger charge is 2.16. The smallest absolute Gasteiger partial charge is 0.254 e. The number of aryl methyl sites for hydroxylation is 1. The largest absolute Gasteiger partial charge is 0.335 e. The number of halogens is 2. The van der Waals surface area contributed by atoms with Crippen molar-refractivity contribution in [2.75, 3.05) is 6.54 Å². The second kappa shape index (κ2) is 6.85. The number of hydrogen-bond acceptors (Lipinski definition) is 1. The van der Waals surface area contributed by atoms with Gasteiger partial charge in [-0.1, -0.05) is 24.3 Å². The molecule has 1 amide bonds. The summed E-state index contributed by atoms with van der Waals surface area (Å²) in [5.41, 5.74) is 2.61. The molecule has 110 valence electrons. The van der Waals surface area contributed by atoms with Gasteiger partial charge in [-0.2, -0.15) is 0 Å². The van der Waals surface area contributed by atoms with Crippen molar-refractivity contribution in [3.63, 3.8) is 0 Å². The number of nitrogens with zero attached hydrogens (tertiary/aromatic N) is 1. The molecule has 0 saturated heterocycles. The molecular formula is C17H17BrFNO. The summed E-state index contributed by atoms with van der Waals surface area (Å²) < 4.78 is 13.9. The summed E-state index contributed by atoms with van der Waals surface area (Å²) in [6.07, 6.45) is 0. The van der Waals surface area contributed by atoms with Gasteiger partial charge in [-0.25, -0.2) is 4.39 Å². The topological polar surface area (TPSA) is 20.3 Å². The third-order valence-electron chi connectivity index (χ3n) is 3.46. The van der Waals surface area contributed by atoms with Crippen LogP contribution in [0, 0.1) is 12.7 Å². The Morgan fingerprint density at radius 3 is 2.57 bits per heavy atom. The van der Waals surface area contributed by atoms with Gasteiger partial charge in [-0.15, -0.1) is 0 Å². The first kappa shape index (κ1) is 15.7. The predicted octanol–water partition coefficient (Wildman–Crippen LogP) is 4.56. The number of hydrogen-bond donors (Lipinski definition) is 0. The van der Waals surface area contributed by atoms with Crippen LogP contribution in [0.25, 0.3) is 0 Å². The van der Waals surface area contributed by atoms with Crippen LogP contribution >= 0.6 is 15.9 Å². The molecule has 0 aromatic heterocycles. The van der Waals surface area contributed by atoms with Crippen LogP contribution in [0.3, 0.4) is 0 Å². The molecule has 0 fully saturated rings. The van der Waals surface area contributed by atoms with E-state index in [0.29, 0.717) is 23.1 Å². The zero-order chi connectivity index (χ0) is 15.4. The molecule has 2 aromatic carbocycles. The molecule has 0 radical (unpaired) electrons. The normalized spacial score (nSPS) is 10.5. The Bertz CT molecular complexity index is 657. The highest BCUT2D eigenvalue weighted by Crippen LogP contribution is 2.19. The molecule has 0 heterocycles. The zero-order valence-electron chi connectivity index (χ0n) is 12.1.